The average molecular weight is 229 g/mol. The summed E-state index contributed by atoms with van der Waals surface area (Å²) in [7, 11) is -1.08. The molecule has 0 aromatic carbocycles. The summed E-state index contributed by atoms with van der Waals surface area (Å²) in [6, 6.07) is 0. The number of hydrogen-bond donors (Lipinski definition) is 0. The van der Waals surface area contributed by atoms with Crippen LogP contribution in [0.3, 0.4) is 0 Å². The zero-order chi connectivity index (χ0) is 11.5. The van der Waals surface area contributed by atoms with Gasteiger partial charge >= 0.3 is 0 Å². The maximum atomic E-state index is 11.8. The Morgan fingerprint density at radius 2 is 1.73 bits per heavy atom. The van der Waals surface area contributed by atoms with E-state index >= 15 is 0 Å². The first-order valence-electron chi connectivity index (χ1n) is 5.88. The van der Waals surface area contributed by atoms with Crippen molar-refractivity contribution in [1.82, 2.24) is 0 Å². The standard InChI is InChI=1S/C12H23NOS/c1-10(11-8-6-5-7-9-11)13-15(14)12(2,3)4/h11H,5-9H2,1-4H3/b13-10+/t15-/m0/s1. The molecule has 0 unspecified atom stereocenters. The van der Waals surface area contributed by atoms with Crippen molar-refractivity contribution in [3.8, 4) is 0 Å². The van der Waals surface area contributed by atoms with Crippen LogP contribution in [-0.4, -0.2) is 14.7 Å². The molecule has 0 amide bonds. The molecule has 3 heteroatoms. The van der Waals surface area contributed by atoms with Gasteiger partial charge in [0.15, 0.2) is 0 Å². The van der Waals surface area contributed by atoms with Gasteiger partial charge in [0.25, 0.3) is 0 Å². The van der Waals surface area contributed by atoms with E-state index < -0.39 is 11.0 Å². The summed E-state index contributed by atoms with van der Waals surface area (Å²) in [5.41, 5.74) is 1.10. The second-order valence-electron chi connectivity index (χ2n) is 5.43. The van der Waals surface area contributed by atoms with Crippen LogP contribution in [-0.2, 0) is 11.0 Å². The van der Waals surface area contributed by atoms with Gasteiger partial charge in [0, 0.05) is 5.71 Å². The number of rotatable bonds is 2. The Morgan fingerprint density at radius 1 is 1.20 bits per heavy atom. The largest absolute Gasteiger partial charge is 0.234 e. The molecule has 2 nitrogen and oxygen atoms in total. The van der Waals surface area contributed by atoms with Crippen LogP contribution in [0.5, 0.6) is 0 Å². The van der Waals surface area contributed by atoms with E-state index in [0.29, 0.717) is 5.92 Å². The van der Waals surface area contributed by atoms with Gasteiger partial charge in [-0.2, -0.15) is 4.40 Å². The maximum absolute atomic E-state index is 11.8. The third kappa shape index (κ3) is 4.06. The van der Waals surface area contributed by atoms with Crippen LogP contribution in [0, 0.1) is 5.92 Å². The van der Waals surface area contributed by atoms with E-state index in [2.05, 4.69) is 4.40 Å². The molecule has 0 N–H and O–H groups in total. The van der Waals surface area contributed by atoms with Crippen molar-refractivity contribution in [3.63, 3.8) is 0 Å². The lowest BCUT2D eigenvalue weighted by Crippen LogP contribution is -2.23. The van der Waals surface area contributed by atoms with Crippen molar-refractivity contribution in [3.05, 3.63) is 0 Å². The Hall–Kier alpha value is -0.180. The molecule has 1 aliphatic carbocycles. The van der Waals surface area contributed by atoms with Crippen LogP contribution < -0.4 is 0 Å². The molecule has 0 aromatic rings. The summed E-state index contributed by atoms with van der Waals surface area (Å²) < 4.78 is 16.0. The number of nitrogens with zero attached hydrogens (tertiary/aromatic N) is 1. The number of hydrogen-bond acceptors (Lipinski definition) is 1. The van der Waals surface area contributed by atoms with E-state index in [9.17, 15) is 4.21 Å². The molecule has 0 heterocycles. The molecule has 1 rings (SSSR count). The maximum Gasteiger partial charge on any atom is 0.144 e. The van der Waals surface area contributed by atoms with Crippen molar-refractivity contribution in [2.75, 3.05) is 0 Å². The lowest BCUT2D eigenvalue weighted by molar-refractivity contribution is 0.438. The second kappa shape index (κ2) is 5.24. The second-order valence-corrected chi connectivity index (χ2v) is 7.33. The SMILES string of the molecule is C/C(=N\[S@@](=O)C(C)(C)C)C1CCCCC1. The third-order valence-electron chi connectivity index (χ3n) is 2.95. The van der Waals surface area contributed by atoms with Crippen LogP contribution in [0.2, 0.25) is 0 Å². The quantitative estimate of drug-likeness (QED) is 0.666. The fraction of sp³-hybridized carbons (Fsp3) is 0.917. The summed E-state index contributed by atoms with van der Waals surface area (Å²) in [6.07, 6.45) is 6.43. The van der Waals surface area contributed by atoms with Crippen molar-refractivity contribution < 1.29 is 4.21 Å². The van der Waals surface area contributed by atoms with Gasteiger partial charge in [-0.3, -0.25) is 0 Å². The molecule has 0 saturated heterocycles. The molecule has 0 aliphatic heterocycles. The third-order valence-corrected chi connectivity index (χ3v) is 4.45. The molecular formula is C12H23NOS. The van der Waals surface area contributed by atoms with E-state index in [-0.39, 0.29) is 4.75 Å². The fourth-order valence-corrected chi connectivity index (χ4v) is 2.55. The fourth-order valence-electron chi connectivity index (χ4n) is 1.86. The van der Waals surface area contributed by atoms with Crippen LogP contribution in [0.25, 0.3) is 0 Å². The minimum atomic E-state index is -1.08. The van der Waals surface area contributed by atoms with Crippen molar-refractivity contribution in [1.29, 1.82) is 0 Å². The summed E-state index contributed by atoms with van der Waals surface area (Å²) in [5, 5.41) is 0. The van der Waals surface area contributed by atoms with Crippen LogP contribution >= 0.6 is 0 Å². The van der Waals surface area contributed by atoms with Gasteiger partial charge in [0.2, 0.25) is 0 Å². The molecule has 0 aromatic heterocycles. The minimum Gasteiger partial charge on any atom is -0.234 e. The topological polar surface area (TPSA) is 29.4 Å². The zero-order valence-electron chi connectivity index (χ0n) is 10.4. The molecule has 1 atom stereocenters. The van der Waals surface area contributed by atoms with E-state index in [4.69, 9.17) is 0 Å². The van der Waals surface area contributed by atoms with Gasteiger partial charge in [-0.15, -0.1) is 0 Å². The molecule has 0 radical (unpaired) electrons. The van der Waals surface area contributed by atoms with E-state index in [1.54, 1.807) is 0 Å². The van der Waals surface area contributed by atoms with E-state index in [1.807, 2.05) is 27.7 Å². The molecular weight excluding hydrogens is 206 g/mol. The normalized spacial score (nSPS) is 22.8. The summed E-state index contributed by atoms with van der Waals surface area (Å²) >= 11 is 0. The highest BCUT2D eigenvalue weighted by molar-refractivity contribution is 7.85. The van der Waals surface area contributed by atoms with Gasteiger partial charge in [-0.25, -0.2) is 4.21 Å². The van der Waals surface area contributed by atoms with Gasteiger partial charge in [-0.1, -0.05) is 19.3 Å². The Labute approximate surface area is 96.2 Å². The highest BCUT2D eigenvalue weighted by atomic mass is 32.2. The van der Waals surface area contributed by atoms with Crippen LogP contribution in [0.1, 0.15) is 59.8 Å². The first-order valence-corrected chi connectivity index (χ1v) is 6.99. The van der Waals surface area contributed by atoms with Gasteiger partial charge in [0.1, 0.15) is 11.0 Å². The average Bonchev–Trinajstić information content (AvgIpc) is 2.17. The summed E-state index contributed by atoms with van der Waals surface area (Å²) in [4.78, 5) is 0. The Kier molecular flexibility index (Phi) is 4.50. The van der Waals surface area contributed by atoms with Crippen molar-refractivity contribution >= 4 is 16.7 Å². The Bertz CT molecular complexity index is 259. The first kappa shape index (κ1) is 12.9. The monoisotopic (exact) mass is 229 g/mol. The van der Waals surface area contributed by atoms with E-state index in [1.165, 1.54) is 32.1 Å². The highest BCUT2D eigenvalue weighted by Gasteiger charge is 2.22. The van der Waals surface area contributed by atoms with Gasteiger partial charge in [-0.05, 0) is 46.5 Å². The van der Waals surface area contributed by atoms with Crippen molar-refractivity contribution in [2.45, 2.75) is 64.5 Å². The van der Waals surface area contributed by atoms with E-state index in [0.717, 1.165) is 5.71 Å². The van der Waals surface area contributed by atoms with Crippen LogP contribution in [0.15, 0.2) is 4.40 Å². The molecule has 1 saturated carbocycles. The zero-order valence-corrected chi connectivity index (χ0v) is 11.2. The Balaban J connectivity index is 2.62. The Morgan fingerprint density at radius 3 is 2.20 bits per heavy atom. The lowest BCUT2D eigenvalue weighted by atomic mass is 9.86. The molecule has 0 spiro atoms. The first-order chi connectivity index (χ1) is 6.91. The predicted molar refractivity (Wildman–Crippen MR) is 67.6 cm³/mol. The molecule has 88 valence electrons. The van der Waals surface area contributed by atoms with Gasteiger partial charge in [0.05, 0.1) is 4.75 Å². The van der Waals surface area contributed by atoms with Crippen molar-refractivity contribution in [2.24, 2.45) is 10.3 Å². The minimum absolute atomic E-state index is 0.226. The lowest BCUT2D eigenvalue weighted by Gasteiger charge is -2.22. The molecule has 0 bridgehead atoms. The predicted octanol–water partition coefficient (Wildman–Crippen LogP) is 3.49. The highest BCUT2D eigenvalue weighted by Crippen LogP contribution is 2.25. The molecule has 1 aliphatic rings. The molecule has 1 fully saturated rings. The van der Waals surface area contributed by atoms with Gasteiger partial charge < -0.3 is 0 Å². The smallest absolute Gasteiger partial charge is 0.144 e. The summed E-state index contributed by atoms with van der Waals surface area (Å²) in [6.45, 7) is 7.96. The summed E-state index contributed by atoms with van der Waals surface area (Å²) in [5.74, 6) is 0.588. The molecule has 15 heavy (non-hydrogen) atoms. The van der Waals surface area contributed by atoms with Crippen LogP contribution in [0.4, 0.5) is 0 Å².